The maximum atomic E-state index is 9.31. The highest BCUT2D eigenvalue weighted by Gasteiger charge is 1.88. The van der Waals surface area contributed by atoms with Gasteiger partial charge < -0.3 is 5.11 Å². The predicted octanol–water partition coefficient (Wildman–Crippen LogP) is 5.90. The Hall–Kier alpha value is -1.34. The van der Waals surface area contributed by atoms with Crippen LogP contribution in [0.3, 0.4) is 0 Å². The molecule has 21 heavy (non-hydrogen) atoms. The third-order valence-electron chi connectivity index (χ3n) is 3.04. The van der Waals surface area contributed by atoms with Gasteiger partial charge in [-0.3, -0.25) is 0 Å². The van der Waals surface area contributed by atoms with Crippen molar-refractivity contribution >= 4 is 0 Å². The van der Waals surface area contributed by atoms with E-state index in [0.717, 1.165) is 25.7 Å². The molecule has 0 aliphatic rings. The van der Waals surface area contributed by atoms with Gasteiger partial charge in [0.1, 0.15) is 0 Å². The van der Waals surface area contributed by atoms with E-state index in [1.54, 1.807) is 0 Å². The van der Waals surface area contributed by atoms with Gasteiger partial charge in [-0.25, -0.2) is 0 Å². The highest BCUT2D eigenvalue weighted by molar-refractivity contribution is 5.07. The van der Waals surface area contributed by atoms with E-state index in [2.05, 4.69) is 49.5 Å². The number of allylic oxidation sites excluding steroid dienone is 9. The first kappa shape index (κ1) is 19.7. The molecule has 0 aromatic carbocycles. The molecule has 0 saturated heterocycles. The Bertz CT molecular complexity index is 345. The van der Waals surface area contributed by atoms with Gasteiger partial charge in [0, 0.05) is 0 Å². The summed E-state index contributed by atoms with van der Waals surface area (Å²) in [7, 11) is 0. The standard InChI is InChI=1S/C20H32O/c1-3-5-6-7-8-9-10-11-12-13-14-15-16-17-18-19-20(21)4-2/h7-8,10-11,13-14,16-21H,3-6,9,12,15H2,1-2H3/b8-7-,11-10-,14-13-,17-16-,19-18+/t20-/m1/s1. The van der Waals surface area contributed by atoms with Crippen molar-refractivity contribution in [2.24, 2.45) is 0 Å². The number of hydrogen-bond donors (Lipinski definition) is 1. The number of unbranched alkanes of at least 4 members (excludes halogenated alkanes) is 2. The highest BCUT2D eigenvalue weighted by Crippen LogP contribution is 1.98. The summed E-state index contributed by atoms with van der Waals surface area (Å²) in [5, 5.41) is 9.31. The minimum Gasteiger partial charge on any atom is -0.389 e. The van der Waals surface area contributed by atoms with Crippen molar-refractivity contribution in [1.82, 2.24) is 0 Å². The van der Waals surface area contributed by atoms with Crippen LogP contribution in [0.5, 0.6) is 0 Å². The monoisotopic (exact) mass is 288 g/mol. The fraction of sp³-hybridized carbons (Fsp3) is 0.500. The summed E-state index contributed by atoms with van der Waals surface area (Å²) in [6, 6.07) is 0. The van der Waals surface area contributed by atoms with Gasteiger partial charge in [0.25, 0.3) is 0 Å². The van der Waals surface area contributed by atoms with Gasteiger partial charge in [-0.1, -0.05) is 87.4 Å². The second-order valence-electron chi connectivity index (χ2n) is 5.05. The summed E-state index contributed by atoms with van der Waals surface area (Å²) < 4.78 is 0. The molecule has 0 rings (SSSR count). The number of aliphatic hydroxyl groups is 1. The van der Waals surface area contributed by atoms with Crippen molar-refractivity contribution in [3.63, 3.8) is 0 Å². The topological polar surface area (TPSA) is 20.2 Å². The zero-order chi connectivity index (χ0) is 15.6. The zero-order valence-electron chi connectivity index (χ0n) is 13.7. The van der Waals surface area contributed by atoms with E-state index >= 15 is 0 Å². The van der Waals surface area contributed by atoms with Gasteiger partial charge in [-0.2, -0.15) is 0 Å². The quantitative estimate of drug-likeness (QED) is 0.269. The molecule has 1 N–H and O–H groups in total. The summed E-state index contributed by atoms with van der Waals surface area (Å²) >= 11 is 0. The Balaban J connectivity index is 3.53. The Morgan fingerprint density at radius 2 is 1.33 bits per heavy atom. The Morgan fingerprint density at radius 1 is 0.762 bits per heavy atom. The predicted molar refractivity (Wildman–Crippen MR) is 95.4 cm³/mol. The van der Waals surface area contributed by atoms with Crippen LogP contribution in [-0.4, -0.2) is 11.2 Å². The Labute approximate surface area is 131 Å². The van der Waals surface area contributed by atoms with Gasteiger partial charge in [0.2, 0.25) is 0 Å². The second kappa shape index (κ2) is 16.7. The molecule has 0 fully saturated rings. The Kier molecular flexibility index (Phi) is 15.6. The summed E-state index contributed by atoms with van der Waals surface area (Å²) in [5.41, 5.74) is 0. The van der Waals surface area contributed by atoms with Crippen molar-refractivity contribution in [2.45, 2.75) is 64.9 Å². The van der Waals surface area contributed by atoms with Crippen molar-refractivity contribution < 1.29 is 5.11 Å². The smallest absolute Gasteiger partial charge is 0.0721 e. The number of hydrogen-bond acceptors (Lipinski definition) is 1. The molecule has 0 radical (unpaired) electrons. The molecular weight excluding hydrogens is 256 g/mol. The molecule has 1 atom stereocenters. The van der Waals surface area contributed by atoms with Crippen LogP contribution in [0.2, 0.25) is 0 Å². The molecular formula is C20H32O. The summed E-state index contributed by atoms with van der Waals surface area (Å²) in [6.07, 6.45) is 28.3. The maximum absolute atomic E-state index is 9.31. The molecule has 1 heteroatoms. The van der Waals surface area contributed by atoms with Crippen LogP contribution in [0.15, 0.2) is 60.8 Å². The SMILES string of the molecule is CCCC/C=C\C/C=C\C/C=C\C/C=C\C=C\[C@H](O)CC. The molecule has 1 nitrogen and oxygen atoms in total. The second-order valence-corrected chi connectivity index (χ2v) is 5.05. The maximum Gasteiger partial charge on any atom is 0.0721 e. The van der Waals surface area contributed by atoms with Crippen molar-refractivity contribution in [1.29, 1.82) is 0 Å². The molecule has 0 bridgehead atoms. The highest BCUT2D eigenvalue weighted by atomic mass is 16.3. The van der Waals surface area contributed by atoms with Crippen LogP contribution in [0.25, 0.3) is 0 Å². The Morgan fingerprint density at radius 3 is 1.90 bits per heavy atom. The third kappa shape index (κ3) is 16.6. The van der Waals surface area contributed by atoms with E-state index in [4.69, 9.17) is 0 Å². The van der Waals surface area contributed by atoms with Crippen molar-refractivity contribution in [2.75, 3.05) is 0 Å². The molecule has 0 aliphatic carbocycles. The fourth-order valence-electron chi connectivity index (χ4n) is 1.64. The molecule has 0 saturated carbocycles. The summed E-state index contributed by atoms with van der Waals surface area (Å²) in [4.78, 5) is 0. The molecule has 0 aliphatic heterocycles. The number of aliphatic hydroxyl groups excluding tert-OH is 1. The first-order valence-electron chi connectivity index (χ1n) is 8.27. The van der Waals surface area contributed by atoms with E-state index in [1.165, 1.54) is 19.3 Å². The summed E-state index contributed by atoms with van der Waals surface area (Å²) in [5.74, 6) is 0. The van der Waals surface area contributed by atoms with Crippen LogP contribution >= 0.6 is 0 Å². The zero-order valence-corrected chi connectivity index (χ0v) is 13.7. The molecule has 0 aromatic rings. The summed E-state index contributed by atoms with van der Waals surface area (Å²) in [6.45, 7) is 4.19. The molecule has 0 heterocycles. The van der Waals surface area contributed by atoms with E-state index in [9.17, 15) is 5.11 Å². The molecule has 0 amide bonds. The minimum absolute atomic E-state index is 0.314. The number of rotatable bonds is 12. The molecule has 0 unspecified atom stereocenters. The van der Waals surface area contributed by atoms with Crippen LogP contribution in [-0.2, 0) is 0 Å². The third-order valence-corrected chi connectivity index (χ3v) is 3.04. The molecule has 118 valence electrons. The lowest BCUT2D eigenvalue weighted by Gasteiger charge is -1.95. The van der Waals surface area contributed by atoms with E-state index in [0.29, 0.717) is 0 Å². The van der Waals surface area contributed by atoms with E-state index < -0.39 is 0 Å². The normalized spacial score (nSPS) is 14.6. The lowest BCUT2D eigenvalue weighted by atomic mass is 10.2. The largest absolute Gasteiger partial charge is 0.389 e. The lowest BCUT2D eigenvalue weighted by molar-refractivity contribution is 0.219. The van der Waals surface area contributed by atoms with Crippen molar-refractivity contribution in [3.05, 3.63) is 60.8 Å². The van der Waals surface area contributed by atoms with Crippen LogP contribution < -0.4 is 0 Å². The van der Waals surface area contributed by atoms with Crippen LogP contribution in [0.1, 0.15) is 58.8 Å². The minimum atomic E-state index is -0.314. The van der Waals surface area contributed by atoms with Gasteiger partial charge in [0.05, 0.1) is 6.10 Å². The molecule has 0 spiro atoms. The lowest BCUT2D eigenvalue weighted by Crippen LogP contribution is -1.97. The van der Waals surface area contributed by atoms with Gasteiger partial charge >= 0.3 is 0 Å². The van der Waals surface area contributed by atoms with Gasteiger partial charge in [-0.15, -0.1) is 0 Å². The van der Waals surface area contributed by atoms with E-state index in [1.807, 2.05) is 25.2 Å². The first-order chi connectivity index (χ1) is 10.3. The van der Waals surface area contributed by atoms with Crippen LogP contribution in [0.4, 0.5) is 0 Å². The van der Waals surface area contributed by atoms with Gasteiger partial charge in [0.15, 0.2) is 0 Å². The first-order valence-corrected chi connectivity index (χ1v) is 8.27. The van der Waals surface area contributed by atoms with Gasteiger partial charge in [-0.05, 0) is 32.1 Å². The molecule has 0 aromatic heterocycles. The average Bonchev–Trinajstić information content (AvgIpc) is 2.50. The fourth-order valence-corrected chi connectivity index (χ4v) is 1.64. The van der Waals surface area contributed by atoms with Crippen molar-refractivity contribution in [3.8, 4) is 0 Å². The van der Waals surface area contributed by atoms with E-state index in [-0.39, 0.29) is 6.10 Å². The average molecular weight is 288 g/mol. The van der Waals surface area contributed by atoms with Crippen LogP contribution in [0, 0.1) is 0 Å².